The van der Waals surface area contributed by atoms with E-state index in [1.807, 2.05) is 0 Å². The molecule has 24 heavy (non-hydrogen) atoms. The minimum absolute atomic E-state index is 0.204. The average molecular weight is 405 g/mol. The molecule has 0 saturated carbocycles. The second-order valence-electron chi connectivity index (χ2n) is 4.58. The molecule has 1 aliphatic rings. The first-order valence-electron chi connectivity index (χ1n) is 6.47. The zero-order chi connectivity index (χ0) is 17.9. The Hall–Kier alpha value is -1.61. The Bertz CT molecular complexity index is 767. The Labute approximate surface area is 156 Å². The fraction of sp³-hybridized carbons (Fsp3) is 0.143. The molecule has 2 rings (SSSR count). The first-order valence-corrected chi connectivity index (χ1v) is 8.45. The van der Waals surface area contributed by atoms with Crippen LogP contribution < -0.4 is 5.32 Å². The molecule has 10 heteroatoms. The Morgan fingerprint density at radius 1 is 1.38 bits per heavy atom. The van der Waals surface area contributed by atoms with Crippen LogP contribution in [-0.2, 0) is 14.4 Å². The summed E-state index contributed by atoms with van der Waals surface area (Å²) in [6.07, 6.45) is 1.54. The zero-order valence-corrected chi connectivity index (χ0v) is 15.1. The third kappa shape index (κ3) is 4.47. The average Bonchev–Trinajstić information content (AvgIpc) is 2.77. The highest BCUT2D eigenvalue weighted by molar-refractivity contribution is 8.26. The Kier molecular flexibility index (Phi) is 6.22. The zero-order valence-electron chi connectivity index (χ0n) is 11.9. The number of carbonyl (C=O) groups is 3. The molecule has 2 N–H and O–H groups in total. The second-order valence-corrected chi connectivity index (χ2v) is 7.04. The molecule has 1 heterocycles. The van der Waals surface area contributed by atoms with Crippen molar-refractivity contribution in [1.82, 2.24) is 10.2 Å². The van der Waals surface area contributed by atoms with E-state index in [1.54, 1.807) is 24.3 Å². The van der Waals surface area contributed by atoms with Crippen molar-refractivity contribution in [3.63, 3.8) is 0 Å². The van der Waals surface area contributed by atoms with Gasteiger partial charge in [-0.15, -0.1) is 0 Å². The molecule has 1 aromatic rings. The van der Waals surface area contributed by atoms with Gasteiger partial charge in [-0.25, -0.2) is 0 Å². The third-order valence-electron chi connectivity index (χ3n) is 2.88. The predicted molar refractivity (Wildman–Crippen MR) is 97.0 cm³/mol. The van der Waals surface area contributed by atoms with Gasteiger partial charge in [0.05, 0.1) is 15.0 Å². The van der Waals surface area contributed by atoms with Crippen LogP contribution in [0.25, 0.3) is 6.08 Å². The highest BCUT2D eigenvalue weighted by atomic mass is 35.5. The highest BCUT2D eigenvalue weighted by Crippen LogP contribution is 2.35. The quantitative estimate of drug-likeness (QED) is 0.578. The fourth-order valence-corrected chi connectivity index (χ4v) is 3.39. The molecule has 1 fully saturated rings. The summed E-state index contributed by atoms with van der Waals surface area (Å²) in [5, 5.41) is 11.4. The molecule has 0 spiro atoms. The summed E-state index contributed by atoms with van der Waals surface area (Å²) < 4.78 is 0.204. The minimum Gasteiger partial charge on any atom is -0.480 e. The molecule has 6 nitrogen and oxygen atoms in total. The summed E-state index contributed by atoms with van der Waals surface area (Å²) in [5.74, 6) is -2.24. The number of carbonyl (C=O) groups excluding carboxylic acids is 2. The fourth-order valence-electron chi connectivity index (χ4n) is 1.78. The molecule has 126 valence electrons. The van der Waals surface area contributed by atoms with Crippen molar-refractivity contribution in [2.75, 3.05) is 13.1 Å². The van der Waals surface area contributed by atoms with Gasteiger partial charge in [-0.1, -0.05) is 59.3 Å². The van der Waals surface area contributed by atoms with Gasteiger partial charge in [0.1, 0.15) is 17.4 Å². The van der Waals surface area contributed by atoms with Gasteiger partial charge in [0.25, 0.3) is 5.91 Å². The van der Waals surface area contributed by atoms with E-state index in [-0.39, 0.29) is 10.9 Å². The van der Waals surface area contributed by atoms with Crippen molar-refractivity contribution in [1.29, 1.82) is 0 Å². The topological polar surface area (TPSA) is 86.7 Å². The molecule has 1 aliphatic heterocycles. The normalized spacial score (nSPS) is 15.9. The van der Waals surface area contributed by atoms with E-state index in [0.29, 0.717) is 20.5 Å². The van der Waals surface area contributed by atoms with E-state index < -0.39 is 24.3 Å². The molecular formula is C14H10Cl2N2O4S2. The summed E-state index contributed by atoms with van der Waals surface area (Å²) in [7, 11) is 0. The molecule has 1 saturated heterocycles. The number of nitrogens with zero attached hydrogens (tertiary/aromatic N) is 1. The van der Waals surface area contributed by atoms with Crippen molar-refractivity contribution < 1.29 is 19.5 Å². The molecule has 0 radical (unpaired) electrons. The van der Waals surface area contributed by atoms with Crippen LogP contribution in [0.2, 0.25) is 10.0 Å². The number of hydrogen-bond acceptors (Lipinski definition) is 5. The second kappa shape index (κ2) is 7.98. The van der Waals surface area contributed by atoms with Crippen molar-refractivity contribution in [3.05, 3.63) is 38.7 Å². The number of benzene rings is 1. The Balaban J connectivity index is 2.14. The number of rotatable bonds is 5. The molecule has 0 unspecified atom stereocenters. The van der Waals surface area contributed by atoms with E-state index in [4.69, 9.17) is 40.5 Å². The molecule has 0 aromatic heterocycles. The van der Waals surface area contributed by atoms with Crippen molar-refractivity contribution >= 4 is 75.4 Å². The Morgan fingerprint density at radius 2 is 2.08 bits per heavy atom. The van der Waals surface area contributed by atoms with Crippen LogP contribution in [0.3, 0.4) is 0 Å². The van der Waals surface area contributed by atoms with E-state index in [9.17, 15) is 14.4 Å². The first kappa shape index (κ1) is 18.7. The number of thioether (sulfide) groups is 1. The van der Waals surface area contributed by atoms with E-state index in [2.05, 4.69) is 5.32 Å². The summed E-state index contributed by atoms with van der Waals surface area (Å²) in [6, 6.07) is 5.01. The predicted octanol–water partition coefficient (Wildman–Crippen LogP) is 2.40. The van der Waals surface area contributed by atoms with Gasteiger partial charge in [0.2, 0.25) is 5.91 Å². The largest absolute Gasteiger partial charge is 0.480 e. The summed E-state index contributed by atoms with van der Waals surface area (Å²) >= 11 is 18.1. The van der Waals surface area contributed by atoms with Crippen LogP contribution >= 0.6 is 47.2 Å². The number of carboxylic acids is 1. The number of thiocarbonyl (C=S) groups is 1. The van der Waals surface area contributed by atoms with Gasteiger partial charge in [-0.3, -0.25) is 19.3 Å². The number of halogens is 2. The molecule has 1 aromatic carbocycles. The first-order chi connectivity index (χ1) is 11.3. The maximum Gasteiger partial charge on any atom is 0.322 e. The Morgan fingerprint density at radius 3 is 2.75 bits per heavy atom. The number of nitrogens with one attached hydrogen (secondary N) is 1. The van der Waals surface area contributed by atoms with Crippen LogP contribution in [-0.4, -0.2) is 45.2 Å². The standard InChI is InChI=1S/C14H10Cl2N2O4S2/c15-8-3-1-2-7(12(8)16)4-9-13(22)18(14(23)24-9)6-10(19)17-5-11(20)21/h1-4H,5-6H2,(H,17,19)(H,20,21)/b9-4-. The van der Waals surface area contributed by atoms with Gasteiger partial charge < -0.3 is 10.4 Å². The van der Waals surface area contributed by atoms with Crippen molar-refractivity contribution in [2.24, 2.45) is 0 Å². The molecule has 0 bridgehead atoms. The summed E-state index contributed by atoms with van der Waals surface area (Å²) in [6.45, 7) is -0.875. The van der Waals surface area contributed by atoms with E-state index >= 15 is 0 Å². The molecular weight excluding hydrogens is 395 g/mol. The maximum absolute atomic E-state index is 12.4. The summed E-state index contributed by atoms with van der Waals surface area (Å²) in [5.41, 5.74) is 0.556. The van der Waals surface area contributed by atoms with Crippen molar-refractivity contribution in [3.8, 4) is 0 Å². The number of hydrogen-bond donors (Lipinski definition) is 2. The van der Waals surface area contributed by atoms with Gasteiger partial charge in [-0.05, 0) is 17.7 Å². The lowest BCUT2D eigenvalue weighted by Gasteiger charge is -2.13. The lowest BCUT2D eigenvalue weighted by molar-refractivity contribution is -0.138. The minimum atomic E-state index is -1.18. The van der Waals surface area contributed by atoms with Crippen LogP contribution in [0.4, 0.5) is 0 Å². The molecule has 0 atom stereocenters. The van der Waals surface area contributed by atoms with Gasteiger partial charge in [-0.2, -0.15) is 0 Å². The molecule has 0 aliphatic carbocycles. The lowest BCUT2D eigenvalue weighted by atomic mass is 10.2. The number of amides is 2. The third-order valence-corrected chi connectivity index (χ3v) is 5.09. The highest BCUT2D eigenvalue weighted by Gasteiger charge is 2.33. The van der Waals surface area contributed by atoms with Crippen LogP contribution in [0.5, 0.6) is 0 Å². The summed E-state index contributed by atoms with van der Waals surface area (Å²) in [4.78, 5) is 35.9. The smallest absolute Gasteiger partial charge is 0.322 e. The van der Waals surface area contributed by atoms with Gasteiger partial charge >= 0.3 is 5.97 Å². The van der Waals surface area contributed by atoms with Crippen LogP contribution in [0.1, 0.15) is 5.56 Å². The molecule has 2 amide bonds. The SMILES string of the molecule is O=C(O)CNC(=O)CN1C(=O)/C(=C/c2cccc(Cl)c2Cl)SC1=S. The maximum atomic E-state index is 12.4. The van der Waals surface area contributed by atoms with Gasteiger partial charge in [0, 0.05) is 0 Å². The number of carboxylic acid groups (broad SMARTS) is 1. The lowest BCUT2D eigenvalue weighted by Crippen LogP contribution is -2.41. The van der Waals surface area contributed by atoms with Crippen LogP contribution in [0.15, 0.2) is 23.1 Å². The van der Waals surface area contributed by atoms with Crippen molar-refractivity contribution in [2.45, 2.75) is 0 Å². The monoisotopic (exact) mass is 404 g/mol. The van der Waals surface area contributed by atoms with E-state index in [0.717, 1.165) is 16.7 Å². The van der Waals surface area contributed by atoms with E-state index in [1.165, 1.54) is 0 Å². The van der Waals surface area contributed by atoms with Crippen LogP contribution in [0, 0.1) is 0 Å². The number of aliphatic carboxylic acids is 1. The van der Waals surface area contributed by atoms with Gasteiger partial charge in [0.15, 0.2) is 0 Å².